The van der Waals surface area contributed by atoms with E-state index in [2.05, 4.69) is 72.4 Å². The predicted molar refractivity (Wildman–Crippen MR) is 392 cm³/mol. The third kappa shape index (κ3) is 58.8. The van der Waals surface area contributed by atoms with Gasteiger partial charge in [0.1, 0.15) is 0 Å². The topological polar surface area (TPSA) is 64.7 Å². The second kappa shape index (κ2) is 70.6. The van der Waals surface area contributed by atoms with Gasteiger partial charge in [0.2, 0.25) is 0 Å². The van der Waals surface area contributed by atoms with Gasteiger partial charge in [0.25, 0.3) is 0 Å². The zero-order valence-corrected chi connectivity index (χ0v) is 60.5. The molecule has 0 radical (unpaired) electrons. The molecule has 6 nitrogen and oxygen atoms in total. The number of hydrogen-bond donors (Lipinski definition) is 2. The van der Waals surface area contributed by atoms with Crippen molar-refractivity contribution >= 4 is 12.1 Å². The summed E-state index contributed by atoms with van der Waals surface area (Å²) in [6.45, 7) is 13.6. The largest absolute Gasteiger partial charge is 0.334 e. The van der Waals surface area contributed by atoms with Gasteiger partial charge in [-0.05, 0) is 36.8 Å². The summed E-state index contributed by atoms with van der Waals surface area (Å²) in [5, 5.41) is 6.74. The number of nitrogens with zero attached hydrogens (tertiary/aromatic N) is 2. The van der Waals surface area contributed by atoms with Crippen LogP contribution in [0.2, 0.25) is 0 Å². The average Bonchev–Trinajstić information content (AvgIpc) is 3.70. The molecule has 0 spiro atoms. The molecule has 0 aliphatic carbocycles. The predicted octanol–water partition coefficient (Wildman–Crippen LogP) is 27.8. The van der Waals surface area contributed by atoms with Crippen molar-refractivity contribution < 1.29 is 9.59 Å². The molecular weight excluding hydrogens is 1070 g/mol. The summed E-state index contributed by atoms with van der Waals surface area (Å²) < 4.78 is 0. The molecule has 518 valence electrons. The third-order valence-electron chi connectivity index (χ3n) is 19.7. The van der Waals surface area contributed by atoms with Crippen LogP contribution in [0.4, 0.5) is 9.59 Å². The maximum absolute atomic E-state index is 14.1. The Morgan fingerprint density at radius 3 is 0.511 bits per heavy atom. The van der Waals surface area contributed by atoms with Gasteiger partial charge in [0, 0.05) is 39.3 Å². The fourth-order valence-electron chi connectivity index (χ4n) is 13.5. The van der Waals surface area contributed by atoms with Crippen LogP contribution in [0.25, 0.3) is 0 Å². The summed E-state index contributed by atoms with van der Waals surface area (Å²) >= 11 is 0. The molecule has 0 fully saturated rings. The molecule has 1 aromatic rings. The molecule has 0 aliphatic rings. The summed E-state index contributed by atoms with van der Waals surface area (Å²) in [7, 11) is 0. The maximum atomic E-state index is 14.1. The molecule has 4 amide bonds. The maximum Gasteiger partial charge on any atom is 0.317 e. The van der Waals surface area contributed by atoms with Crippen LogP contribution in [-0.2, 0) is 13.1 Å². The van der Waals surface area contributed by atoms with Gasteiger partial charge in [-0.1, -0.05) is 437 Å². The fourth-order valence-corrected chi connectivity index (χ4v) is 13.5. The SMILES string of the molecule is CCCCCCCCCCCCCCCCCCN(CCCCCCCCCCCCCCCCCC)C(=O)NCc1ccccc1CNC(=O)N(CCCCCCCCCCCCCCCCCC)CCCCCCCCCCCCCCCCCC. The van der Waals surface area contributed by atoms with E-state index in [9.17, 15) is 9.59 Å². The van der Waals surface area contributed by atoms with Crippen LogP contribution in [0.15, 0.2) is 24.3 Å². The minimum absolute atomic E-state index is 0.0736. The van der Waals surface area contributed by atoms with Gasteiger partial charge in [-0.15, -0.1) is 0 Å². The highest BCUT2D eigenvalue weighted by Crippen LogP contribution is 2.20. The molecule has 0 heterocycles. The van der Waals surface area contributed by atoms with E-state index in [0.29, 0.717) is 13.1 Å². The number of carbonyl (C=O) groups is 2. The number of carbonyl (C=O) groups excluding carboxylic acids is 2. The van der Waals surface area contributed by atoms with Crippen molar-refractivity contribution in [2.45, 2.75) is 452 Å². The minimum atomic E-state index is 0.0736. The lowest BCUT2D eigenvalue weighted by atomic mass is 10.0. The van der Waals surface area contributed by atoms with Crippen molar-refractivity contribution in [2.24, 2.45) is 0 Å². The van der Waals surface area contributed by atoms with Gasteiger partial charge in [0.05, 0.1) is 0 Å². The summed E-state index contributed by atoms with van der Waals surface area (Å²) in [5.74, 6) is 0. The van der Waals surface area contributed by atoms with Gasteiger partial charge in [-0.2, -0.15) is 0 Å². The molecule has 0 unspecified atom stereocenters. The molecule has 0 aromatic heterocycles. The van der Waals surface area contributed by atoms with Crippen molar-refractivity contribution in [3.05, 3.63) is 35.4 Å². The first-order valence-corrected chi connectivity index (χ1v) is 40.7. The molecule has 88 heavy (non-hydrogen) atoms. The second-order valence-corrected chi connectivity index (χ2v) is 28.3. The van der Waals surface area contributed by atoms with Gasteiger partial charge < -0.3 is 20.4 Å². The second-order valence-electron chi connectivity index (χ2n) is 28.3. The van der Waals surface area contributed by atoms with E-state index >= 15 is 0 Å². The van der Waals surface area contributed by atoms with E-state index in [1.807, 2.05) is 0 Å². The van der Waals surface area contributed by atoms with E-state index < -0.39 is 0 Å². The highest BCUT2D eigenvalue weighted by Gasteiger charge is 2.16. The molecule has 0 bridgehead atoms. The summed E-state index contributed by atoms with van der Waals surface area (Å²) in [4.78, 5) is 32.4. The Hall–Kier alpha value is -2.24. The van der Waals surface area contributed by atoms with Crippen LogP contribution in [0.1, 0.15) is 450 Å². The molecule has 6 heteroatoms. The standard InChI is InChI=1S/C82H158N4O2/c1-5-9-13-17-21-25-29-33-37-41-45-49-53-57-61-67-73-85(74-68-62-58-54-50-46-42-38-34-30-26-22-18-14-10-6-2)81(87)83-77-79-71-65-66-72-80(79)78-84-82(88)86(75-69-63-59-55-51-47-43-39-35-31-27-23-19-15-11-7-3)76-70-64-60-56-52-48-44-40-36-32-28-24-20-16-12-8-4/h65-66,71-72H,5-64,67-70,73-78H2,1-4H3,(H,83,87)(H,84,88). The first kappa shape index (κ1) is 83.8. The van der Waals surface area contributed by atoms with Gasteiger partial charge in [-0.3, -0.25) is 0 Å². The monoisotopic (exact) mass is 1230 g/mol. The number of hydrogen-bond acceptors (Lipinski definition) is 2. The number of rotatable bonds is 72. The zero-order chi connectivity index (χ0) is 63.2. The lowest BCUT2D eigenvalue weighted by molar-refractivity contribution is 0.193. The number of amides is 4. The number of nitrogens with one attached hydrogen (secondary N) is 2. The fraction of sp³-hybridized carbons (Fsp3) is 0.902. The van der Waals surface area contributed by atoms with Crippen LogP contribution in [0.3, 0.4) is 0 Å². The molecular formula is C82H158N4O2. The van der Waals surface area contributed by atoms with Gasteiger partial charge in [0.15, 0.2) is 0 Å². The van der Waals surface area contributed by atoms with Gasteiger partial charge >= 0.3 is 12.1 Å². The van der Waals surface area contributed by atoms with Crippen molar-refractivity contribution in [1.82, 2.24) is 20.4 Å². The molecule has 0 saturated heterocycles. The molecule has 0 saturated carbocycles. The number of urea groups is 2. The first-order valence-electron chi connectivity index (χ1n) is 40.7. The van der Waals surface area contributed by atoms with E-state index in [0.717, 1.165) is 63.0 Å². The third-order valence-corrected chi connectivity index (χ3v) is 19.7. The lowest BCUT2D eigenvalue weighted by Crippen LogP contribution is -2.41. The summed E-state index contributed by atoms with van der Waals surface area (Å²) in [6.07, 6.45) is 87.1. The molecule has 0 aliphatic heterocycles. The molecule has 1 rings (SSSR count). The Morgan fingerprint density at radius 1 is 0.227 bits per heavy atom. The average molecular weight is 1230 g/mol. The Morgan fingerprint density at radius 2 is 0.364 bits per heavy atom. The van der Waals surface area contributed by atoms with E-state index in [-0.39, 0.29) is 12.1 Å². The molecule has 0 atom stereocenters. The molecule has 2 N–H and O–H groups in total. The van der Waals surface area contributed by atoms with Crippen molar-refractivity contribution in [3.8, 4) is 0 Å². The highest BCUT2D eigenvalue weighted by molar-refractivity contribution is 5.75. The Bertz CT molecular complexity index is 1350. The Balaban J connectivity index is 2.69. The van der Waals surface area contributed by atoms with E-state index in [1.54, 1.807) is 0 Å². The smallest absolute Gasteiger partial charge is 0.317 e. The summed E-state index contributed by atoms with van der Waals surface area (Å²) in [6, 6.07) is 8.59. The summed E-state index contributed by atoms with van der Waals surface area (Å²) in [5.41, 5.74) is 2.20. The quantitative estimate of drug-likeness (QED) is 0.0639. The highest BCUT2D eigenvalue weighted by atomic mass is 16.2. The minimum Gasteiger partial charge on any atom is -0.334 e. The zero-order valence-electron chi connectivity index (χ0n) is 60.5. The van der Waals surface area contributed by atoms with Crippen LogP contribution < -0.4 is 10.6 Å². The Labute approximate surface area is 552 Å². The first-order chi connectivity index (χ1) is 43.6. The normalized spacial score (nSPS) is 11.5. The Kier molecular flexibility index (Phi) is 67.2. The van der Waals surface area contributed by atoms with E-state index in [4.69, 9.17) is 0 Å². The van der Waals surface area contributed by atoms with Gasteiger partial charge in [-0.25, -0.2) is 9.59 Å². The van der Waals surface area contributed by atoms with Crippen LogP contribution in [0, 0.1) is 0 Å². The number of unbranched alkanes of at least 4 members (excludes halogenated alkanes) is 60. The van der Waals surface area contributed by atoms with Crippen molar-refractivity contribution in [1.29, 1.82) is 0 Å². The van der Waals surface area contributed by atoms with Crippen molar-refractivity contribution in [3.63, 3.8) is 0 Å². The number of benzene rings is 1. The van der Waals surface area contributed by atoms with Crippen LogP contribution in [0.5, 0.6) is 0 Å². The van der Waals surface area contributed by atoms with Crippen LogP contribution in [-0.4, -0.2) is 48.0 Å². The van der Waals surface area contributed by atoms with E-state index in [1.165, 1.54) is 385 Å². The molecule has 1 aromatic carbocycles. The van der Waals surface area contributed by atoms with Crippen molar-refractivity contribution in [2.75, 3.05) is 26.2 Å². The van der Waals surface area contributed by atoms with Crippen LogP contribution >= 0.6 is 0 Å². The lowest BCUT2D eigenvalue weighted by Gasteiger charge is -2.25.